The summed E-state index contributed by atoms with van der Waals surface area (Å²) in [6.07, 6.45) is 2.27. The fourth-order valence-corrected chi connectivity index (χ4v) is 3.76. The van der Waals surface area contributed by atoms with Crippen LogP contribution in [0, 0.1) is 15.9 Å². The van der Waals surface area contributed by atoms with Crippen LogP contribution in [0.4, 0.5) is 15.8 Å². The number of rotatable bonds is 6. The number of nitrogens with zero attached hydrogens (tertiary/aromatic N) is 3. The minimum atomic E-state index is -0.478. The SMILES string of the molecule is CN(C(=O)CN1CCCC1Cc1c(F)cccc1Cl)c1ccc([N+](=O)[O-])cc1. The van der Waals surface area contributed by atoms with Crippen LogP contribution in [0.2, 0.25) is 5.02 Å². The second kappa shape index (κ2) is 8.67. The Hall–Kier alpha value is -2.51. The second-order valence-corrected chi connectivity index (χ2v) is 7.30. The van der Waals surface area contributed by atoms with Crippen molar-refractivity contribution in [1.82, 2.24) is 4.90 Å². The molecule has 0 N–H and O–H groups in total. The molecule has 1 amide bonds. The summed E-state index contributed by atoms with van der Waals surface area (Å²) in [7, 11) is 1.64. The van der Waals surface area contributed by atoms with Gasteiger partial charge in [-0.25, -0.2) is 4.39 Å². The minimum absolute atomic E-state index is 0.0222. The number of likely N-dealkylation sites (N-methyl/N-ethyl adjacent to an activating group) is 1. The van der Waals surface area contributed by atoms with E-state index in [2.05, 4.69) is 0 Å². The molecule has 1 aliphatic heterocycles. The van der Waals surface area contributed by atoms with Crippen molar-refractivity contribution in [3.05, 3.63) is 69.0 Å². The Balaban J connectivity index is 1.66. The van der Waals surface area contributed by atoms with Crippen LogP contribution in [0.3, 0.4) is 0 Å². The van der Waals surface area contributed by atoms with Gasteiger partial charge in [-0.1, -0.05) is 17.7 Å². The third-order valence-electron chi connectivity index (χ3n) is 5.16. The van der Waals surface area contributed by atoms with E-state index < -0.39 is 4.92 Å². The van der Waals surface area contributed by atoms with Gasteiger partial charge < -0.3 is 4.90 Å². The van der Waals surface area contributed by atoms with Crippen LogP contribution in [0.15, 0.2) is 42.5 Å². The molecule has 2 aromatic carbocycles. The van der Waals surface area contributed by atoms with E-state index in [0.717, 1.165) is 19.4 Å². The molecule has 1 fully saturated rings. The summed E-state index contributed by atoms with van der Waals surface area (Å²) in [6, 6.07) is 10.5. The molecule has 1 heterocycles. The van der Waals surface area contributed by atoms with Gasteiger partial charge in [-0.15, -0.1) is 0 Å². The molecule has 8 heteroatoms. The zero-order chi connectivity index (χ0) is 20.3. The summed E-state index contributed by atoms with van der Waals surface area (Å²) < 4.78 is 14.1. The summed E-state index contributed by atoms with van der Waals surface area (Å²) in [4.78, 5) is 26.5. The van der Waals surface area contributed by atoms with Crippen LogP contribution < -0.4 is 4.90 Å². The van der Waals surface area contributed by atoms with Crippen molar-refractivity contribution in [3.63, 3.8) is 0 Å². The van der Waals surface area contributed by atoms with E-state index >= 15 is 0 Å². The number of non-ortho nitro benzene ring substituents is 1. The van der Waals surface area contributed by atoms with Crippen LogP contribution in [-0.2, 0) is 11.2 Å². The number of likely N-dealkylation sites (tertiary alicyclic amines) is 1. The van der Waals surface area contributed by atoms with Crippen molar-refractivity contribution in [2.24, 2.45) is 0 Å². The molecule has 6 nitrogen and oxygen atoms in total. The maximum Gasteiger partial charge on any atom is 0.269 e. The third-order valence-corrected chi connectivity index (χ3v) is 5.51. The van der Waals surface area contributed by atoms with Crippen molar-refractivity contribution in [3.8, 4) is 0 Å². The smallest absolute Gasteiger partial charge is 0.269 e. The molecule has 1 aliphatic rings. The first-order valence-electron chi connectivity index (χ1n) is 9.04. The highest BCUT2D eigenvalue weighted by molar-refractivity contribution is 6.31. The largest absolute Gasteiger partial charge is 0.314 e. The van der Waals surface area contributed by atoms with Gasteiger partial charge in [0, 0.05) is 41.5 Å². The van der Waals surface area contributed by atoms with E-state index in [1.165, 1.54) is 23.1 Å². The lowest BCUT2D eigenvalue weighted by atomic mass is 10.0. The van der Waals surface area contributed by atoms with E-state index in [4.69, 9.17) is 11.6 Å². The molecule has 0 spiro atoms. The number of benzene rings is 2. The number of nitro groups is 1. The molecular formula is C20H21ClFN3O3. The Morgan fingerprint density at radius 2 is 2.04 bits per heavy atom. The fourth-order valence-electron chi connectivity index (χ4n) is 3.52. The summed E-state index contributed by atoms with van der Waals surface area (Å²) in [5, 5.41) is 11.2. The lowest BCUT2D eigenvalue weighted by molar-refractivity contribution is -0.384. The van der Waals surface area contributed by atoms with Crippen LogP contribution in [0.25, 0.3) is 0 Å². The highest BCUT2D eigenvalue weighted by Crippen LogP contribution is 2.27. The number of carbonyl (C=O) groups excluding carboxylic acids is 1. The zero-order valence-corrected chi connectivity index (χ0v) is 16.2. The summed E-state index contributed by atoms with van der Waals surface area (Å²) in [5.41, 5.74) is 1.05. The van der Waals surface area contributed by atoms with Gasteiger partial charge in [-0.05, 0) is 50.1 Å². The second-order valence-electron chi connectivity index (χ2n) is 6.90. The van der Waals surface area contributed by atoms with E-state index in [1.54, 1.807) is 31.3 Å². The van der Waals surface area contributed by atoms with Crippen molar-refractivity contribution < 1.29 is 14.1 Å². The molecule has 0 saturated carbocycles. The third kappa shape index (κ3) is 4.48. The van der Waals surface area contributed by atoms with Gasteiger partial charge in [0.2, 0.25) is 5.91 Å². The minimum Gasteiger partial charge on any atom is -0.314 e. The molecule has 148 valence electrons. The van der Waals surface area contributed by atoms with Gasteiger partial charge in [-0.2, -0.15) is 0 Å². The van der Waals surface area contributed by atoms with Crippen molar-refractivity contribution in [2.75, 3.05) is 25.0 Å². The highest BCUT2D eigenvalue weighted by atomic mass is 35.5. The Bertz CT molecular complexity index is 855. The number of halogens is 2. The normalized spacial score (nSPS) is 16.9. The molecule has 28 heavy (non-hydrogen) atoms. The van der Waals surface area contributed by atoms with Crippen molar-refractivity contribution >= 4 is 28.9 Å². The summed E-state index contributed by atoms with van der Waals surface area (Å²) in [5.74, 6) is -0.450. The number of carbonyl (C=O) groups is 1. The lowest BCUT2D eigenvalue weighted by Gasteiger charge is -2.27. The van der Waals surface area contributed by atoms with Gasteiger partial charge in [0.1, 0.15) is 5.82 Å². The molecule has 0 aliphatic carbocycles. The monoisotopic (exact) mass is 405 g/mol. The van der Waals surface area contributed by atoms with E-state index in [0.29, 0.717) is 22.7 Å². The lowest BCUT2D eigenvalue weighted by Crippen LogP contribution is -2.41. The number of hydrogen-bond donors (Lipinski definition) is 0. The molecule has 0 radical (unpaired) electrons. The van der Waals surface area contributed by atoms with Gasteiger partial charge in [0.15, 0.2) is 0 Å². The van der Waals surface area contributed by atoms with E-state index in [1.807, 2.05) is 4.90 Å². The van der Waals surface area contributed by atoms with Crippen LogP contribution >= 0.6 is 11.6 Å². The predicted molar refractivity (Wildman–Crippen MR) is 106 cm³/mol. The molecular weight excluding hydrogens is 385 g/mol. The first-order chi connectivity index (χ1) is 13.4. The zero-order valence-electron chi connectivity index (χ0n) is 15.5. The molecule has 1 atom stereocenters. The molecule has 0 bridgehead atoms. The first-order valence-corrected chi connectivity index (χ1v) is 9.42. The quantitative estimate of drug-likeness (QED) is 0.537. The van der Waals surface area contributed by atoms with Gasteiger partial charge in [0.25, 0.3) is 5.69 Å². The highest BCUT2D eigenvalue weighted by Gasteiger charge is 2.29. The van der Waals surface area contributed by atoms with Crippen LogP contribution in [-0.4, -0.2) is 41.9 Å². The average molecular weight is 406 g/mol. The van der Waals surface area contributed by atoms with E-state index in [-0.39, 0.29) is 30.0 Å². The molecule has 2 aromatic rings. The fraction of sp³-hybridized carbons (Fsp3) is 0.350. The maximum absolute atomic E-state index is 14.1. The number of amides is 1. The Morgan fingerprint density at radius 3 is 2.68 bits per heavy atom. The Labute approximate surface area is 167 Å². The predicted octanol–water partition coefficient (Wildman–Crippen LogP) is 4.06. The first kappa shape index (κ1) is 20.2. The molecule has 1 saturated heterocycles. The van der Waals surface area contributed by atoms with Gasteiger partial charge in [0.05, 0.1) is 11.5 Å². The van der Waals surface area contributed by atoms with Gasteiger partial charge in [-0.3, -0.25) is 19.8 Å². The summed E-state index contributed by atoms with van der Waals surface area (Å²) in [6.45, 7) is 0.959. The maximum atomic E-state index is 14.1. The number of anilines is 1. The van der Waals surface area contributed by atoms with Crippen LogP contribution in [0.5, 0.6) is 0 Å². The van der Waals surface area contributed by atoms with E-state index in [9.17, 15) is 19.3 Å². The molecule has 1 unspecified atom stereocenters. The van der Waals surface area contributed by atoms with Crippen molar-refractivity contribution in [1.29, 1.82) is 0 Å². The number of hydrogen-bond acceptors (Lipinski definition) is 4. The Morgan fingerprint density at radius 1 is 1.32 bits per heavy atom. The van der Waals surface area contributed by atoms with Gasteiger partial charge >= 0.3 is 0 Å². The number of nitro benzene ring substituents is 1. The molecule has 3 rings (SSSR count). The average Bonchev–Trinajstić information content (AvgIpc) is 3.11. The standard InChI is InChI=1S/C20H21ClFN3O3/c1-23(14-7-9-15(10-8-14)25(27)28)20(26)13-24-11-3-4-16(24)12-17-18(21)5-2-6-19(17)22/h2,5-10,16H,3-4,11-13H2,1H3. The van der Waals surface area contributed by atoms with Crippen LogP contribution in [0.1, 0.15) is 18.4 Å². The summed E-state index contributed by atoms with van der Waals surface area (Å²) >= 11 is 6.15. The van der Waals surface area contributed by atoms with Crippen molar-refractivity contribution in [2.45, 2.75) is 25.3 Å². The Kier molecular flexibility index (Phi) is 6.26. The topological polar surface area (TPSA) is 66.7 Å². The molecule has 0 aromatic heterocycles.